The molecule has 3 nitrogen and oxygen atoms in total. The van der Waals surface area contributed by atoms with E-state index in [2.05, 4.69) is 30.8 Å². The Hall–Kier alpha value is -1.65. The molecule has 0 aliphatic heterocycles. The van der Waals surface area contributed by atoms with E-state index in [0.717, 1.165) is 26.6 Å². The number of hydrogen-bond donors (Lipinski definition) is 0. The molecule has 0 amide bonds. The summed E-state index contributed by atoms with van der Waals surface area (Å²) in [6.45, 7) is 0. The van der Waals surface area contributed by atoms with Gasteiger partial charge in [-0.2, -0.15) is 0 Å². The first kappa shape index (κ1) is 14.3. The van der Waals surface area contributed by atoms with Crippen LogP contribution in [0.3, 0.4) is 0 Å². The van der Waals surface area contributed by atoms with Crippen LogP contribution in [0.1, 0.15) is 0 Å². The third-order valence-corrected chi connectivity index (χ3v) is 4.03. The van der Waals surface area contributed by atoms with Gasteiger partial charge < -0.3 is 4.90 Å². The van der Waals surface area contributed by atoms with Gasteiger partial charge in [0.05, 0.1) is 5.52 Å². The van der Waals surface area contributed by atoms with E-state index in [0.29, 0.717) is 11.0 Å². The van der Waals surface area contributed by atoms with Crippen molar-refractivity contribution in [2.75, 3.05) is 19.0 Å². The quantitative estimate of drug-likeness (QED) is 0.614. The summed E-state index contributed by atoms with van der Waals surface area (Å²) in [6.07, 6.45) is 0. The molecule has 0 bridgehead atoms. The van der Waals surface area contributed by atoms with E-state index in [9.17, 15) is 0 Å². The second-order valence-corrected chi connectivity index (χ2v) is 6.21. The van der Waals surface area contributed by atoms with Crippen LogP contribution in [0, 0.1) is 0 Å². The fourth-order valence-corrected chi connectivity index (χ4v) is 2.69. The number of benzene rings is 2. The molecule has 21 heavy (non-hydrogen) atoms. The lowest BCUT2D eigenvalue weighted by Gasteiger charge is -2.12. The Balaban J connectivity index is 2.10. The van der Waals surface area contributed by atoms with Crippen molar-refractivity contribution in [1.82, 2.24) is 9.97 Å². The lowest BCUT2D eigenvalue weighted by atomic mass is 10.1. The van der Waals surface area contributed by atoms with Crippen LogP contribution in [0.2, 0.25) is 5.15 Å². The number of halogens is 2. The van der Waals surface area contributed by atoms with Crippen molar-refractivity contribution in [3.63, 3.8) is 0 Å². The lowest BCUT2D eigenvalue weighted by molar-refractivity contribution is 1.13. The largest absolute Gasteiger partial charge is 0.378 e. The molecule has 0 aliphatic carbocycles. The molecule has 3 rings (SSSR count). The van der Waals surface area contributed by atoms with Crippen LogP contribution in [-0.2, 0) is 0 Å². The molecule has 5 heteroatoms. The number of nitrogens with zero attached hydrogens (tertiary/aromatic N) is 3. The number of rotatable bonds is 2. The highest BCUT2D eigenvalue weighted by Gasteiger charge is 2.08. The third-order valence-electron chi connectivity index (χ3n) is 3.25. The van der Waals surface area contributed by atoms with E-state index in [4.69, 9.17) is 11.6 Å². The van der Waals surface area contributed by atoms with Crippen LogP contribution in [-0.4, -0.2) is 24.1 Å². The summed E-state index contributed by atoms with van der Waals surface area (Å²) < 4.78 is 0.962. The molecule has 3 aromatic rings. The molecule has 0 aliphatic rings. The van der Waals surface area contributed by atoms with Gasteiger partial charge in [-0.15, -0.1) is 0 Å². The SMILES string of the molecule is CN(C)c1ccc(-c2nc(Cl)c3cc(Br)ccc3n2)cc1. The minimum absolute atomic E-state index is 0.466. The molecule has 0 radical (unpaired) electrons. The fraction of sp³-hybridized carbons (Fsp3) is 0.125. The Morgan fingerprint density at radius 3 is 2.38 bits per heavy atom. The van der Waals surface area contributed by atoms with Gasteiger partial charge in [0.1, 0.15) is 5.15 Å². The highest BCUT2D eigenvalue weighted by atomic mass is 79.9. The Morgan fingerprint density at radius 1 is 1.00 bits per heavy atom. The first-order chi connectivity index (χ1) is 10.0. The number of anilines is 1. The van der Waals surface area contributed by atoms with Gasteiger partial charge in [0.15, 0.2) is 5.82 Å². The van der Waals surface area contributed by atoms with Crippen molar-refractivity contribution in [2.45, 2.75) is 0 Å². The van der Waals surface area contributed by atoms with Gasteiger partial charge in [0, 0.05) is 35.2 Å². The molecule has 0 atom stereocenters. The Labute approximate surface area is 136 Å². The fourth-order valence-electron chi connectivity index (χ4n) is 2.10. The van der Waals surface area contributed by atoms with Gasteiger partial charge in [0.2, 0.25) is 0 Å². The summed E-state index contributed by atoms with van der Waals surface area (Å²) in [6, 6.07) is 13.9. The van der Waals surface area contributed by atoms with Crippen molar-refractivity contribution in [1.29, 1.82) is 0 Å². The maximum atomic E-state index is 6.29. The summed E-state index contributed by atoms with van der Waals surface area (Å²) in [4.78, 5) is 11.1. The molecule has 0 unspecified atom stereocenters. The predicted octanol–water partition coefficient (Wildman–Crippen LogP) is 4.78. The molecule has 1 heterocycles. The average molecular weight is 363 g/mol. The van der Waals surface area contributed by atoms with Crippen LogP contribution in [0.15, 0.2) is 46.9 Å². The number of hydrogen-bond acceptors (Lipinski definition) is 3. The topological polar surface area (TPSA) is 29.0 Å². The Kier molecular flexibility index (Phi) is 3.83. The first-order valence-electron chi connectivity index (χ1n) is 6.45. The highest BCUT2D eigenvalue weighted by Crippen LogP contribution is 2.27. The van der Waals surface area contributed by atoms with Crippen molar-refractivity contribution >= 4 is 44.1 Å². The zero-order valence-corrected chi connectivity index (χ0v) is 14.0. The molecule has 1 aromatic heterocycles. The molecule has 106 valence electrons. The maximum absolute atomic E-state index is 6.29. The standard InChI is InChI=1S/C16H13BrClN3/c1-21(2)12-6-3-10(4-7-12)16-19-14-8-5-11(17)9-13(14)15(18)20-16/h3-9H,1-2H3. The van der Waals surface area contributed by atoms with Gasteiger partial charge >= 0.3 is 0 Å². The molecule has 0 saturated carbocycles. The second-order valence-electron chi connectivity index (χ2n) is 4.94. The molecule has 0 spiro atoms. The second kappa shape index (κ2) is 5.62. The van der Waals surface area contributed by atoms with Crippen molar-refractivity contribution < 1.29 is 0 Å². The Morgan fingerprint density at radius 2 is 1.71 bits per heavy atom. The third kappa shape index (κ3) is 2.87. The van der Waals surface area contributed by atoms with Crippen LogP contribution in [0.5, 0.6) is 0 Å². The summed E-state index contributed by atoms with van der Waals surface area (Å²) >= 11 is 9.72. The van der Waals surface area contributed by atoms with Crippen LogP contribution in [0.4, 0.5) is 5.69 Å². The molecule has 0 saturated heterocycles. The normalized spacial score (nSPS) is 10.9. The molecular weight excluding hydrogens is 350 g/mol. The van der Waals surface area contributed by atoms with Gasteiger partial charge in [-0.25, -0.2) is 9.97 Å². The Bertz CT molecular complexity index is 800. The summed E-state index contributed by atoms with van der Waals surface area (Å²) in [5, 5.41) is 1.31. The molecule has 0 N–H and O–H groups in total. The van der Waals surface area contributed by atoms with Crippen molar-refractivity contribution in [3.05, 3.63) is 52.1 Å². The predicted molar refractivity (Wildman–Crippen MR) is 92.0 cm³/mol. The zero-order valence-electron chi connectivity index (χ0n) is 11.6. The van der Waals surface area contributed by atoms with E-state index in [1.54, 1.807) is 0 Å². The smallest absolute Gasteiger partial charge is 0.161 e. The van der Waals surface area contributed by atoms with E-state index >= 15 is 0 Å². The van der Waals surface area contributed by atoms with Gasteiger partial charge in [0.25, 0.3) is 0 Å². The number of aromatic nitrogens is 2. The van der Waals surface area contributed by atoms with E-state index in [1.165, 1.54) is 0 Å². The van der Waals surface area contributed by atoms with Crippen LogP contribution in [0.25, 0.3) is 22.3 Å². The molecular formula is C16H13BrClN3. The van der Waals surface area contributed by atoms with Crippen molar-refractivity contribution in [3.8, 4) is 11.4 Å². The van der Waals surface area contributed by atoms with Gasteiger partial charge in [-0.3, -0.25) is 0 Å². The minimum atomic E-state index is 0.466. The zero-order chi connectivity index (χ0) is 15.0. The number of fused-ring (bicyclic) bond motifs is 1. The van der Waals surface area contributed by atoms with Gasteiger partial charge in [-0.05, 0) is 42.5 Å². The molecule has 0 fully saturated rings. The van der Waals surface area contributed by atoms with E-state index in [-0.39, 0.29) is 0 Å². The monoisotopic (exact) mass is 361 g/mol. The molecule has 2 aromatic carbocycles. The van der Waals surface area contributed by atoms with Gasteiger partial charge in [-0.1, -0.05) is 27.5 Å². The summed E-state index contributed by atoms with van der Waals surface area (Å²) in [5.41, 5.74) is 2.92. The summed E-state index contributed by atoms with van der Waals surface area (Å²) in [7, 11) is 4.02. The average Bonchev–Trinajstić information content (AvgIpc) is 2.48. The lowest BCUT2D eigenvalue weighted by Crippen LogP contribution is -2.08. The first-order valence-corrected chi connectivity index (χ1v) is 7.62. The van der Waals surface area contributed by atoms with E-state index < -0.39 is 0 Å². The van der Waals surface area contributed by atoms with Crippen molar-refractivity contribution in [2.24, 2.45) is 0 Å². The van der Waals surface area contributed by atoms with Crippen LogP contribution < -0.4 is 4.90 Å². The van der Waals surface area contributed by atoms with Crippen LogP contribution >= 0.6 is 27.5 Å². The minimum Gasteiger partial charge on any atom is -0.378 e. The maximum Gasteiger partial charge on any atom is 0.161 e. The summed E-state index contributed by atoms with van der Waals surface area (Å²) in [5.74, 6) is 0.639. The highest BCUT2D eigenvalue weighted by molar-refractivity contribution is 9.10. The van der Waals surface area contributed by atoms with E-state index in [1.807, 2.05) is 56.6 Å².